The molecule has 2 heteroatoms. The SMILES string of the molecule is CC(C)(C)c1ccc(CN)c(I)c1. The summed E-state index contributed by atoms with van der Waals surface area (Å²) in [5.74, 6) is 0. The van der Waals surface area contributed by atoms with Crippen molar-refractivity contribution in [3.63, 3.8) is 0 Å². The van der Waals surface area contributed by atoms with Gasteiger partial charge in [-0.25, -0.2) is 0 Å². The van der Waals surface area contributed by atoms with E-state index >= 15 is 0 Å². The van der Waals surface area contributed by atoms with Crippen molar-refractivity contribution in [2.45, 2.75) is 32.7 Å². The van der Waals surface area contributed by atoms with Gasteiger partial charge in [0.1, 0.15) is 0 Å². The van der Waals surface area contributed by atoms with Crippen LogP contribution in [-0.4, -0.2) is 0 Å². The van der Waals surface area contributed by atoms with Crippen molar-refractivity contribution in [2.75, 3.05) is 0 Å². The zero-order valence-electron chi connectivity index (χ0n) is 8.39. The van der Waals surface area contributed by atoms with E-state index in [1.165, 1.54) is 14.7 Å². The van der Waals surface area contributed by atoms with Crippen LogP contribution in [-0.2, 0) is 12.0 Å². The molecule has 0 radical (unpaired) electrons. The van der Waals surface area contributed by atoms with Gasteiger partial charge >= 0.3 is 0 Å². The van der Waals surface area contributed by atoms with Gasteiger partial charge in [0.05, 0.1) is 0 Å². The molecule has 0 fully saturated rings. The van der Waals surface area contributed by atoms with E-state index in [2.05, 4.69) is 61.6 Å². The van der Waals surface area contributed by atoms with Gasteiger partial charge in [0.25, 0.3) is 0 Å². The van der Waals surface area contributed by atoms with Gasteiger partial charge in [-0.3, -0.25) is 0 Å². The number of hydrogen-bond donors (Lipinski definition) is 1. The minimum Gasteiger partial charge on any atom is -0.326 e. The van der Waals surface area contributed by atoms with E-state index in [4.69, 9.17) is 5.73 Å². The molecular weight excluding hydrogens is 273 g/mol. The van der Waals surface area contributed by atoms with Crippen LogP contribution >= 0.6 is 22.6 Å². The largest absolute Gasteiger partial charge is 0.326 e. The van der Waals surface area contributed by atoms with Gasteiger partial charge < -0.3 is 5.73 Å². The third kappa shape index (κ3) is 2.68. The van der Waals surface area contributed by atoms with Crippen LogP contribution in [0.4, 0.5) is 0 Å². The normalized spacial score (nSPS) is 11.8. The first-order chi connectivity index (χ1) is 5.95. The maximum atomic E-state index is 5.60. The number of hydrogen-bond acceptors (Lipinski definition) is 1. The Morgan fingerprint density at radius 3 is 2.31 bits per heavy atom. The number of nitrogens with two attached hydrogens (primary N) is 1. The molecule has 1 nitrogen and oxygen atoms in total. The molecular formula is C11H16IN. The Balaban J connectivity index is 3.10. The van der Waals surface area contributed by atoms with Crippen LogP contribution in [0.2, 0.25) is 0 Å². The van der Waals surface area contributed by atoms with Crippen LogP contribution in [0.15, 0.2) is 18.2 Å². The Morgan fingerprint density at radius 2 is 1.92 bits per heavy atom. The van der Waals surface area contributed by atoms with Gasteiger partial charge in [-0.2, -0.15) is 0 Å². The quantitative estimate of drug-likeness (QED) is 0.790. The molecule has 0 unspecified atom stereocenters. The second-order valence-corrected chi connectivity index (χ2v) is 5.42. The lowest BCUT2D eigenvalue weighted by Gasteiger charge is -2.19. The summed E-state index contributed by atoms with van der Waals surface area (Å²) in [4.78, 5) is 0. The molecule has 1 aromatic rings. The second-order valence-electron chi connectivity index (χ2n) is 4.26. The summed E-state index contributed by atoms with van der Waals surface area (Å²) in [6, 6.07) is 6.52. The summed E-state index contributed by atoms with van der Waals surface area (Å²) in [6.07, 6.45) is 0. The zero-order valence-corrected chi connectivity index (χ0v) is 10.6. The van der Waals surface area contributed by atoms with E-state index in [-0.39, 0.29) is 5.41 Å². The summed E-state index contributed by atoms with van der Waals surface area (Å²) < 4.78 is 1.27. The van der Waals surface area contributed by atoms with E-state index in [9.17, 15) is 0 Å². The molecule has 0 aliphatic rings. The minimum atomic E-state index is 0.229. The molecule has 72 valence electrons. The lowest BCUT2D eigenvalue weighted by molar-refractivity contribution is 0.589. The van der Waals surface area contributed by atoms with Crippen LogP contribution in [0.5, 0.6) is 0 Å². The Hall–Kier alpha value is -0.0900. The predicted octanol–water partition coefficient (Wildman–Crippen LogP) is 3.05. The average Bonchev–Trinajstić information content (AvgIpc) is 2.02. The van der Waals surface area contributed by atoms with Crippen molar-refractivity contribution in [2.24, 2.45) is 5.73 Å². The average molecular weight is 289 g/mol. The van der Waals surface area contributed by atoms with Crippen molar-refractivity contribution < 1.29 is 0 Å². The highest BCUT2D eigenvalue weighted by atomic mass is 127. The molecule has 0 saturated carbocycles. The van der Waals surface area contributed by atoms with Crippen molar-refractivity contribution >= 4 is 22.6 Å². The zero-order chi connectivity index (χ0) is 10.1. The van der Waals surface area contributed by atoms with Gasteiger partial charge in [-0.05, 0) is 45.2 Å². The molecule has 0 atom stereocenters. The minimum absolute atomic E-state index is 0.229. The maximum Gasteiger partial charge on any atom is 0.0188 e. The molecule has 13 heavy (non-hydrogen) atoms. The number of benzene rings is 1. The monoisotopic (exact) mass is 289 g/mol. The standard InChI is InChI=1S/C11H16IN/c1-11(2,3)9-5-4-8(7-13)10(12)6-9/h4-6H,7,13H2,1-3H3. The molecule has 0 amide bonds. The van der Waals surface area contributed by atoms with Crippen molar-refractivity contribution in [1.82, 2.24) is 0 Å². The van der Waals surface area contributed by atoms with Crippen LogP contribution in [0, 0.1) is 3.57 Å². The maximum absolute atomic E-state index is 5.60. The summed E-state index contributed by atoms with van der Waals surface area (Å²) in [5.41, 5.74) is 8.43. The van der Waals surface area contributed by atoms with Crippen molar-refractivity contribution in [1.29, 1.82) is 0 Å². The molecule has 1 rings (SSSR count). The molecule has 0 aliphatic heterocycles. The fourth-order valence-electron chi connectivity index (χ4n) is 1.18. The predicted molar refractivity (Wildman–Crippen MR) is 65.8 cm³/mol. The molecule has 0 spiro atoms. The van der Waals surface area contributed by atoms with Crippen LogP contribution in [0.3, 0.4) is 0 Å². The lowest BCUT2D eigenvalue weighted by Crippen LogP contribution is -2.12. The highest BCUT2D eigenvalue weighted by Crippen LogP contribution is 2.25. The first kappa shape index (κ1) is 11.0. The summed E-state index contributed by atoms with van der Waals surface area (Å²) in [5, 5.41) is 0. The first-order valence-corrected chi connectivity index (χ1v) is 5.52. The highest BCUT2D eigenvalue weighted by molar-refractivity contribution is 14.1. The van der Waals surface area contributed by atoms with E-state index < -0.39 is 0 Å². The highest BCUT2D eigenvalue weighted by Gasteiger charge is 2.14. The fourth-order valence-corrected chi connectivity index (χ4v) is 1.91. The summed E-state index contributed by atoms with van der Waals surface area (Å²) >= 11 is 2.35. The second kappa shape index (κ2) is 3.96. The molecule has 0 aliphatic carbocycles. The number of halogens is 1. The first-order valence-electron chi connectivity index (χ1n) is 4.44. The summed E-state index contributed by atoms with van der Waals surface area (Å²) in [7, 11) is 0. The van der Waals surface area contributed by atoms with Crippen LogP contribution in [0.25, 0.3) is 0 Å². The van der Waals surface area contributed by atoms with Gasteiger partial charge in [0.15, 0.2) is 0 Å². The molecule has 0 saturated heterocycles. The lowest BCUT2D eigenvalue weighted by atomic mass is 9.87. The Morgan fingerprint density at radius 1 is 1.31 bits per heavy atom. The van der Waals surface area contributed by atoms with Gasteiger partial charge in [-0.1, -0.05) is 32.9 Å². The van der Waals surface area contributed by atoms with Crippen molar-refractivity contribution in [3.05, 3.63) is 32.9 Å². The Bertz CT molecular complexity index is 299. The molecule has 0 aromatic heterocycles. The van der Waals surface area contributed by atoms with Gasteiger partial charge in [0, 0.05) is 10.1 Å². The van der Waals surface area contributed by atoms with E-state index in [1.807, 2.05) is 0 Å². The van der Waals surface area contributed by atoms with E-state index in [1.54, 1.807) is 0 Å². The summed E-state index contributed by atoms with van der Waals surface area (Å²) in [6.45, 7) is 7.30. The molecule has 1 aromatic carbocycles. The topological polar surface area (TPSA) is 26.0 Å². The van der Waals surface area contributed by atoms with E-state index in [0.717, 1.165) is 0 Å². The Labute approximate surface area is 93.9 Å². The fraction of sp³-hybridized carbons (Fsp3) is 0.455. The third-order valence-corrected chi connectivity index (χ3v) is 3.14. The Kier molecular flexibility index (Phi) is 3.35. The molecule has 0 heterocycles. The van der Waals surface area contributed by atoms with Gasteiger partial charge in [0.2, 0.25) is 0 Å². The van der Waals surface area contributed by atoms with Crippen LogP contribution < -0.4 is 5.73 Å². The van der Waals surface area contributed by atoms with Crippen molar-refractivity contribution in [3.8, 4) is 0 Å². The number of rotatable bonds is 1. The van der Waals surface area contributed by atoms with E-state index in [0.29, 0.717) is 6.54 Å². The smallest absolute Gasteiger partial charge is 0.0188 e. The van der Waals surface area contributed by atoms with Gasteiger partial charge in [-0.15, -0.1) is 0 Å². The van der Waals surface area contributed by atoms with Crippen LogP contribution in [0.1, 0.15) is 31.9 Å². The third-order valence-electron chi connectivity index (χ3n) is 2.14. The molecule has 0 bridgehead atoms. The molecule has 2 N–H and O–H groups in total.